The molecular weight excluding hydrogens is 276 g/mol. The third-order valence-corrected chi connectivity index (χ3v) is 3.13. The molecule has 0 aliphatic rings. The number of nitrogens with two attached hydrogens (primary N) is 1. The molecule has 0 aliphatic carbocycles. The van der Waals surface area contributed by atoms with Crippen molar-refractivity contribution in [3.63, 3.8) is 0 Å². The number of nitrogens with zero attached hydrogens (tertiary/aromatic N) is 1. The second-order valence-electron chi connectivity index (χ2n) is 4.14. The number of hydrogen-bond acceptors (Lipinski definition) is 2. The van der Waals surface area contributed by atoms with E-state index in [0.717, 1.165) is 22.3 Å². The monoisotopic (exact) mass is 290 g/mol. The smallest absolute Gasteiger partial charge is 0.0577 e. The number of pyridine rings is 1. The highest BCUT2D eigenvalue weighted by Gasteiger charge is 2.08. The van der Waals surface area contributed by atoms with Crippen LogP contribution in [-0.4, -0.2) is 4.98 Å². The molecule has 1 heterocycles. The maximum absolute atomic E-state index is 6.17. The van der Waals surface area contributed by atoms with Gasteiger partial charge in [0.05, 0.1) is 11.7 Å². The molecule has 2 N–H and O–H groups in total. The van der Waals surface area contributed by atoms with Gasteiger partial charge in [0.2, 0.25) is 0 Å². The van der Waals surface area contributed by atoms with Crippen LogP contribution < -0.4 is 5.73 Å². The van der Waals surface area contributed by atoms with Crippen LogP contribution in [0, 0.1) is 6.92 Å². The van der Waals surface area contributed by atoms with E-state index >= 15 is 0 Å². The molecule has 0 radical (unpaired) electrons. The maximum Gasteiger partial charge on any atom is 0.0577 e. The Morgan fingerprint density at radius 3 is 2.71 bits per heavy atom. The van der Waals surface area contributed by atoms with Crippen LogP contribution in [0.15, 0.2) is 46.9 Å². The standard InChI is InChI=1S/C14H15BrN2/c1-10-4-2-7-14(17-10)13(16)9-11-5-3-6-12(15)8-11/h2-8,13H,9,16H2,1H3. The third-order valence-electron chi connectivity index (χ3n) is 2.63. The van der Waals surface area contributed by atoms with Gasteiger partial charge in [-0.3, -0.25) is 4.98 Å². The van der Waals surface area contributed by atoms with Crippen molar-refractivity contribution in [3.05, 3.63) is 63.9 Å². The van der Waals surface area contributed by atoms with E-state index in [1.165, 1.54) is 5.56 Å². The van der Waals surface area contributed by atoms with Gasteiger partial charge in [-0.15, -0.1) is 0 Å². The van der Waals surface area contributed by atoms with Crippen molar-refractivity contribution >= 4 is 15.9 Å². The van der Waals surface area contributed by atoms with Gasteiger partial charge in [-0.25, -0.2) is 0 Å². The first-order valence-electron chi connectivity index (χ1n) is 5.59. The number of hydrogen-bond donors (Lipinski definition) is 1. The molecule has 3 heteroatoms. The Bertz CT molecular complexity index is 511. The lowest BCUT2D eigenvalue weighted by molar-refractivity contribution is 0.693. The Labute approximate surface area is 110 Å². The SMILES string of the molecule is Cc1cccc(C(N)Cc2cccc(Br)c2)n1. The summed E-state index contributed by atoms with van der Waals surface area (Å²) in [6.45, 7) is 1.98. The van der Waals surface area contributed by atoms with Crippen molar-refractivity contribution in [3.8, 4) is 0 Å². The van der Waals surface area contributed by atoms with Gasteiger partial charge in [0.25, 0.3) is 0 Å². The number of benzene rings is 1. The van der Waals surface area contributed by atoms with Crippen molar-refractivity contribution in [2.45, 2.75) is 19.4 Å². The summed E-state index contributed by atoms with van der Waals surface area (Å²) >= 11 is 3.46. The van der Waals surface area contributed by atoms with E-state index in [-0.39, 0.29) is 6.04 Å². The molecule has 0 bridgehead atoms. The van der Waals surface area contributed by atoms with E-state index in [1.54, 1.807) is 0 Å². The Balaban J connectivity index is 2.14. The predicted octanol–water partition coefficient (Wildman–Crippen LogP) is 3.40. The number of rotatable bonds is 3. The van der Waals surface area contributed by atoms with Gasteiger partial charge in [-0.1, -0.05) is 34.1 Å². The molecule has 0 aliphatic heterocycles. The summed E-state index contributed by atoms with van der Waals surface area (Å²) in [4.78, 5) is 4.45. The lowest BCUT2D eigenvalue weighted by atomic mass is 10.0. The van der Waals surface area contributed by atoms with Crippen LogP contribution in [0.1, 0.15) is 23.0 Å². The highest BCUT2D eigenvalue weighted by Crippen LogP contribution is 2.17. The summed E-state index contributed by atoms with van der Waals surface area (Å²) in [5.74, 6) is 0. The normalized spacial score (nSPS) is 12.4. The zero-order valence-electron chi connectivity index (χ0n) is 9.73. The molecule has 1 atom stereocenters. The summed E-state index contributed by atoms with van der Waals surface area (Å²) in [7, 11) is 0. The van der Waals surface area contributed by atoms with Gasteiger partial charge in [0.1, 0.15) is 0 Å². The van der Waals surface area contributed by atoms with Crippen molar-refractivity contribution < 1.29 is 0 Å². The fourth-order valence-electron chi connectivity index (χ4n) is 1.79. The second kappa shape index (κ2) is 5.43. The second-order valence-corrected chi connectivity index (χ2v) is 5.06. The molecule has 0 spiro atoms. The Hall–Kier alpha value is -1.19. The molecule has 2 rings (SSSR count). The Kier molecular flexibility index (Phi) is 3.92. The number of halogens is 1. The van der Waals surface area contributed by atoms with E-state index in [1.807, 2.05) is 37.3 Å². The summed E-state index contributed by atoms with van der Waals surface area (Å²) in [5, 5.41) is 0. The molecule has 2 aromatic rings. The summed E-state index contributed by atoms with van der Waals surface area (Å²) in [6.07, 6.45) is 0.801. The fraction of sp³-hybridized carbons (Fsp3) is 0.214. The van der Waals surface area contributed by atoms with Crippen LogP contribution in [0.25, 0.3) is 0 Å². The minimum atomic E-state index is -0.0517. The molecule has 1 aromatic heterocycles. The molecule has 0 fully saturated rings. The van der Waals surface area contributed by atoms with Gasteiger partial charge >= 0.3 is 0 Å². The van der Waals surface area contributed by atoms with Gasteiger partial charge in [-0.2, -0.15) is 0 Å². The van der Waals surface area contributed by atoms with Crippen LogP contribution in [0.3, 0.4) is 0 Å². The summed E-state index contributed by atoms with van der Waals surface area (Å²) < 4.78 is 1.08. The average molecular weight is 291 g/mol. The van der Waals surface area contributed by atoms with E-state index in [0.29, 0.717) is 0 Å². The summed E-state index contributed by atoms with van der Waals surface area (Å²) in [6, 6.07) is 14.1. The van der Waals surface area contributed by atoms with Crippen molar-refractivity contribution in [1.82, 2.24) is 4.98 Å². The molecular formula is C14H15BrN2. The molecule has 1 aromatic carbocycles. The van der Waals surface area contributed by atoms with Crippen molar-refractivity contribution in [2.75, 3.05) is 0 Å². The minimum absolute atomic E-state index is 0.0517. The quantitative estimate of drug-likeness (QED) is 0.941. The fourth-order valence-corrected chi connectivity index (χ4v) is 2.24. The van der Waals surface area contributed by atoms with E-state index in [4.69, 9.17) is 5.73 Å². The topological polar surface area (TPSA) is 38.9 Å². The highest BCUT2D eigenvalue weighted by molar-refractivity contribution is 9.10. The van der Waals surface area contributed by atoms with E-state index in [2.05, 4.69) is 33.0 Å². The van der Waals surface area contributed by atoms with Gasteiger partial charge in [0.15, 0.2) is 0 Å². The zero-order chi connectivity index (χ0) is 12.3. The van der Waals surface area contributed by atoms with Crippen LogP contribution >= 0.6 is 15.9 Å². The lowest BCUT2D eigenvalue weighted by Gasteiger charge is -2.12. The Morgan fingerprint density at radius 1 is 1.24 bits per heavy atom. The third kappa shape index (κ3) is 3.38. The lowest BCUT2D eigenvalue weighted by Crippen LogP contribution is -2.15. The van der Waals surface area contributed by atoms with E-state index < -0.39 is 0 Å². The maximum atomic E-state index is 6.17. The first kappa shape index (κ1) is 12.3. The van der Waals surface area contributed by atoms with Gasteiger partial charge in [-0.05, 0) is 43.2 Å². The predicted molar refractivity (Wildman–Crippen MR) is 73.7 cm³/mol. The number of aromatic nitrogens is 1. The van der Waals surface area contributed by atoms with Crippen LogP contribution in [0.2, 0.25) is 0 Å². The Morgan fingerprint density at radius 2 is 2.00 bits per heavy atom. The molecule has 0 saturated heterocycles. The molecule has 2 nitrogen and oxygen atoms in total. The molecule has 1 unspecified atom stereocenters. The van der Waals surface area contributed by atoms with Crippen molar-refractivity contribution in [1.29, 1.82) is 0 Å². The average Bonchev–Trinajstić information content (AvgIpc) is 2.29. The van der Waals surface area contributed by atoms with E-state index in [9.17, 15) is 0 Å². The largest absolute Gasteiger partial charge is 0.322 e. The van der Waals surface area contributed by atoms with Crippen LogP contribution in [-0.2, 0) is 6.42 Å². The van der Waals surface area contributed by atoms with Crippen LogP contribution in [0.5, 0.6) is 0 Å². The van der Waals surface area contributed by atoms with Gasteiger partial charge in [0, 0.05) is 10.2 Å². The molecule has 0 saturated carbocycles. The minimum Gasteiger partial charge on any atom is -0.322 e. The van der Waals surface area contributed by atoms with Crippen molar-refractivity contribution in [2.24, 2.45) is 5.73 Å². The molecule has 88 valence electrons. The zero-order valence-corrected chi connectivity index (χ0v) is 11.3. The highest BCUT2D eigenvalue weighted by atomic mass is 79.9. The van der Waals surface area contributed by atoms with Gasteiger partial charge < -0.3 is 5.73 Å². The first-order valence-corrected chi connectivity index (χ1v) is 6.38. The summed E-state index contributed by atoms with van der Waals surface area (Å²) in [5.41, 5.74) is 9.34. The molecule has 0 amide bonds. The first-order chi connectivity index (χ1) is 8.15. The number of aryl methyl sites for hydroxylation is 1. The van der Waals surface area contributed by atoms with Crippen LogP contribution in [0.4, 0.5) is 0 Å². The molecule has 17 heavy (non-hydrogen) atoms.